The maximum atomic E-state index is 11.3. The summed E-state index contributed by atoms with van der Waals surface area (Å²) in [4.78, 5) is 18.0. The van der Waals surface area contributed by atoms with E-state index < -0.39 is 0 Å². The van der Waals surface area contributed by atoms with Crippen molar-refractivity contribution in [1.82, 2.24) is 9.97 Å². The molecule has 1 aliphatic carbocycles. The van der Waals surface area contributed by atoms with Gasteiger partial charge in [0.1, 0.15) is 0 Å². The minimum atomic E-state index is -0.282. The van der Waals surface area contributed by atoms with Crippen molar-refractivity contribution in [2.24, 2.45) is 0 Å². The first-order valence-electron chi connectivity index (χ1n) is 4.97. The highest BCUT2D eigenvalue weighted by molar-refractivity contribution is 5.57. The van der Waals surface area contributed by atoms with E-state index >= 15 is 0 Å². The molecule has 4 nitrogen and oxygen atoms in total. The van der Waals surface area contributed by atoms with Gasteiger partial charge in [-0.05, 0) is 30.9 Å². The molecule has 15 heavy (non-hydrogen) atoms. The van der Waals surface area contributed by atoms with E-state index in [2.05, 4.69) is 9.97 Å². The summed E-state index contributed by atoms with van der Waals surface area (Å²) >= 11 is 0. The molecular formula is C11H10N2O2. The molecule has 0 aromatic carbocycles. The minimum Gasteiger partial charge on any atom is -0.472 e. The largest absolute Gasteiger partial charge is 0.472 e. The molecule has 0 amide bonds. The highest BCUT2D eigenvalue weighted by Gasteiger charge is 2.25. The van der Waals surface area contributed by atoms with Crippen molar-refractivity contribution in [3.63, 3.8) is 0 Å². The van der Waals surface area contributed by atoms with E-state index in [1.165, 1.54) is 0 Å². The molecule has 2 aromatic heterocycles. The summed E-state index contributed by atoms with van der Waals surface area (Å²) in [5.74, 6) is 0.520. The lowest BCUT2D eigenvalue weighted by atomic mass is 10.2. The lowest BCUT2D eigenvalue weighted by Crippen LogP contribution is -2.13. The average molecular weight is 202 g/mol. The van der Waals surface area contributed by atoms with Crippen molar-refractivity contribution < 1.29 is 4.42 Å². The fourth-order valence-corrected chi connectivity index (χ4v) is 1.65. The Morgan fingerprint density at radius 2 is 2.33 bits per heavy atom. The van der Waals surface area contributed by atoms with E-state index in [9.17, 15) is 4.79 Å². The van der Waals surface area contributed by atoms with Gasteiger partial charge in [0.15, 0.2) is 0 Å². The van der Waals surface area contributed by atoms with Crippen LogP contribution in [0, 0.1) is 0 Å². The Kier molecular flexibility index (Phi) is 1.74. The highest BCUT2D eigenvalue weighted by atomic mass is 16.3. The number of hydrogen-bond acceptors (Lipinski definition) is 3. The zero-order valence-electron chi connectivity index (χ0n) is 8.06. The molecule has 1 N–H and O–H groups in total. The number of aromatic amines is 1. The molecule has 3 rings (SSSR count). The predicted molar refractivity (Wildman–Crippen MR) is 54.5 cm³/mol. The van der Waals surface area contributed by atoms with Gasteiger partial charge in [-0.2, -0.15) is 4.98 Å². The van der Waals surface area contributed by atoms with Crippen LogP contribution in [0.1, 0.15) is 24.5 Å². The highest BCUT2D eigenvalue weighted by Crippen LogP contribution is 2.39. The summed E-state index contributed by atoms with van der Waals surface area (Å²) in [5, 5.41) is 0. The topological polar surface area (TPSA) is 58.9 Å². The molecule has 0 spiro atoms. The Hall–Kier alpha value is -1.84. The third-order valence-corrected chi connectivity index (χ3v) is 2.60. The Morgan fingerprint density at radius 3 is 3.00 bits per heavy atom. The van der Waals surface area contributed by atoms with Crippen LogP contribution in [-0.4, -0.2) is 9.97 Å². The van der Waals surface area contributed by atoms with Gasteiger partial charge in [-0.3, -0.25) is 0 Å². The second-order valence-corrected chi connectivity index (χ2v) is 3.81. The monoisotopic (exact) mass is 202 g/mol. The Balaban J connectivity index is 2.11. The van der Waals surface area contributed by atoms with Gasteiger partial charge in [0.05, 0.1) is 18.2 Å². The minimum absolute atomic E-state index is 0.282. The Bertz CT molecular complexity index is 524. The molecule has 0 saturated heterocycles. The van der Waals surface area contributed by atoms with E-state index in [0.29, 0.717) is 11.6 Å². The number of furan rings is 1. The standard InChI is InChI=1S/C11H10N2O2/c14-11-12-9(7-1-2-7)5-10(13-11)8-3-4-15-6-8/h3-7H,1-2H2,(H,12,13,14). The van der Waals surface area contributed by atoms with Crippen LogP contribution < -0.4 is 5.69 Å². The first-order valence-corrected chi connectivity index (χ1v) is 4.97. The van der Waals surface area contributed by atoms with Crippen molar-refractivity contribution >= 4 is 0 Å². The van der Waals surface area contributed by atoms with Crippen LogP contribution in [-0.2, 0) is 0 Å². The van der Waals surface area contributed by atoms with E-state index in [0.717, 1.165) is 24.1 Å². The zero-order valence-corrected chi connectivity index (χ0v) is 8.06. The number of rotatable bonds is 2. The van der Waals surface area contributed by atoms with Gasteiger partial charge in [-0.1, -0.05) is 0 Å². The summed E-state index contributed by atoms with van der Waals surface area (Å²) in [6.45, 7) is 0. The average Bonchev–Trinajstić information content (AvgIpc) is 2.93. The molecular weight excluding hydrogens is 192 g/mol. The Labute approximate surface area is 86.0 Å². The van der Waals surface area contributed by atoms with E-state index in [1.54, 1.807) is 18.6 Å². The first kappa shape index (κ1) is 8.47. The van der Waals surface area contributed by atoms with Crippen LogP contribution in [0.25, 0.3) is 11.3 Å². The van der Waals surface area contributed by atoms with Gasteiger partial charge >= 0.3 is 5.69 Å². The van der Waals surface area contributed by atoms with Gasteiger partial charge in [0.2, 0.25) is 0 Å². The van der Waals surface area contributed by atoms with Crippen LogP contribution >= 0.6 is 0 Å². The summed E-state index contributed by atoms with van der Waals surface area (Å²) in [5.41, 5.74) is 2.25. The van der Waals surface area contributed by atoms with Crippen LogP contribution in [0.3, 0.4) is 0 Å². The molecule has 1 aliphatic rings. The van der Waals surface area contributed by atoms with Crippen molar-refractivity contribution in [2.75, 3.05) is 0 Å². The van der Waals surface area contributed by atoms with Crippen molar-refractivity contribution in [2.45, 2.75) is 18.8 Å². The zero-order chi connectivity index (χ0) is 10.3. The molecule has 0 unspecified atom stereocenters. The second kappa shape index (κ2) is 3.08. The van der Waals surface area contributed by atoms with Gasteiger partial charge < -0.3 is 9.40 Å². The molecule has 2 aromatic rings. The van der Waals surface area contributed by atoms with Crippen LogP contribution in [0.4, 0.5) is 0 Å². The van der Waals surface area contributed by atoms with Gasteiger partial charge in [-0.15, -0.1) is 0 Å². The maximum absolute atomic E-state index is 11.3. The van der Waals surface area contributed by atoms with Gasteiger partial charge in [0, 0.05) is 11.3 Å². The summed E-state index contributed by atoms with van der Waals surface area (Å²) < 4.78 is 4.97. The molecule has 1 saturated carbocycles. The fourth-order valence-electron chi connectivity index (χ4n) is 1.65. The van der Waals surface area contributed by atoms with Gasteiger partial charge in [0.25, 0.3) is 0 Å². The maximum Gasteiger partial charge on any atom is 0.345 e. The van der Waals surface area contributed by atoms with Crippen LogP contribution in [0.5, 0.6) is 0 Å². The SMILES string of the molecule is O=c1nc(-c2ccoc2)cc(C2CC2)[nH]1. The fraction of sp³-hybridized carbons (Fsp3) is 0.273. The van der Waals surface area contributed by atoms with Crippen molar-refractivity contribution in [3.05, 3.63) is 40.8 Å². The third kappa shape index (κ3) is 1.58. The number of hydrogen-bond donors (Lipinski definition) is 1. The number of nitrogens with zero attached hydrogens (tertiary/aromatic N) is 1. The molecule has 0 bridgehead atoms. The van der Waals surface area contributed by atoms with Crippen LogP contribution in [0.2, 0.25) is 0 Å². The molecule has 76 valence electrons. The third-order valence-electron chi connectivity index (χ3n) is 2.60. The number of nitrogens with one attached hydrogen (secondary N) is 1. The Morgan fingerprint density at radius 1 is 1.47 bits per heavy atom. The molecule has 1 fully saturated rings. The molecule has 2 heterocycles. The van der Waals surface area contributed by atoms with Gasteiger partial charge in [-0.25, -0.2) is 4.79 Å². The van der Waals surface area contributed by atoms with E-state index in [-0.39, 0.29) is 5.69 Å². The second-order valence-electron chi connectivity index (χ2n) is 3.81. The van der Waals surface area contributed by atoms with Crippen LogP contribution in [0.15, 0.2) is 33.9 Å². The summed E-state index contributed by atoms with van der Waals surface area (Å²) in [6.07, 6.45) is 5.49. The predicted octanol–water partition coefficient (Wildman–Crippen LogP) is 1.91. The quantitative estimate of drug-likeness (QED) is 0.809. The molecule has 0 aliphatic heterocycles. The first-order chi connectivity index (χ1) is 7.33. The van der Waals surface area contributed by atoms with Crippen molar-refractivity contribution in [3.8, 4) is 11.3 Å². The van der Waals surface area contributed by atoms with Crippen molar-refractivity contribution in [1.29, 1.82) is 0 Å². The number of H-pyrrole nitrogens is 1. The summed E-state index contributed by atoms with van der Waals surface area (Å²) in [6, 6.07) is 3.74. The number of aromatic nitrogens is 2. The normalized spacial score (nSPS) is 15.5. The van der Waals surface area contributed by atoms with E-state index in [4.69, 9.17) is 4.42 Å². The summed E-state index contributed by atoms with van der Waals surface area (Å²) in [7, 11) is 0. The lowest BCUT2D eigenvalue weighted by Gasteiger charge is -2.00. The molecule has 0 atom stereocenters. The smallest absolute Gasteiger partial charge is 0.345 e. The van der Waals surface area contributed by atoms with E-state index in [1.807, 2.05) is 6.07 Å². The molecule has 0 radical (unpaired) electrons. The lowest BCUT2D eigenvalue weighted by molar-refractivity contribution is 0.568. The molecule has 4 heteroatoms.